The largest absolute Gasteiger partial charge is 0.352 e. The van der Waals surface area contributed by atoms with Crippen molar-refractivity contribution in [1.82, 2.24) is 10.2 Å². The van der Waals surface area contributed by atoms with E-state index < -0.39 is 0 Å². The first kappa shape index (κ1) is 15.0. The van der Waals surface area contributed by atoms with Gasteiger partial charge in [0.25, 0.3) is 0 Å². The maximum atomic E-state index is 12.5. The zero-order valence-corrected chi connectivity index (χ0v) is 13.8. The molecule has 21 heavy (non-hydrogen) atoms. The molecule has 1 atom stereocenters. The topological polar surface area (TPSA) is 32.3 Å². The number of carbonyl (C=O) groups excluding carboxylic acids is 1. The zero-order chi connectivity index (χ0) is 14.7. The Kier molecular flexibility index (Phi) is 4.96. The van der Waals surface area contributed by atoms with Gasteiger partial charge in [0.05, 0.1) is 6.04 Å². The van der Waals surface area contributed by atoms with Crippen molar-refractivity contribution in [2.24, 2.45) is 0 Å². The van der Waals surface area contributed by atoms with Crippen molar-refractivity contribution in [2.75, 3.05) is 6.54 Å². The fraction of sp³-hybridized carbons (Fsp3) is 0.706. The summed E-state index contributed by atoms with van der Waals surface area (Å²) in [5, 5.41) is 5.47. The molecule has 0 aromatic carbocycles. The normalized spacial score (nSPS) is 22.3. The minimum atomic E-state index is -0.0127. The van der Waals surface area contributed by atoms with Gasteiger partial charge in [-0.15, -0.1) is 11.3 Å². The molecule has 4 heteroatoms. The van der Waals surface area contributed by atoms with E-state index in [1.165, 1.54) is 36.1 Å². The van der Waals surface area contributed by atoms with Crippen molar-refractivity contribution in [1.29, 1.82) is 0 Å². The van der Waals surface area contributed by atoms with Crippen LogP contribution < -0.4 is 5.32 Å². The summed E-state index contributed by atoms with van der Waals surface area (Å²) in [5.41, 5.74) is 1.42. The van der Waals surface area contributed by atoms with Gasteiger partial charge in [-0.1, -0.05) is 25.7 Å². The van der Waals surface area contributed by atoms with Gasteiger partial charge in [-0.25, -0.2) is 0 Å². The van der Waals surface area contributed by atoms with Gasteiger partial charge in [-0.2, -0.15) is 0 Å². The third-order valence-electron chi connectivity index (χ3n) is 4.97. The first-order valence-electron chi connectivity index (χ1n) is 8.33. The van der Waals surface area contributed by atoms with Crippen molar-refractivity contribution in [3.63, 3.8) is 0 Å². The van der Waals surface area contributed by atoms with Crippen LogP contribution in [0.5, 0.6) is 0 Å². The fourth-order valence-corrected chi connectivity index (χ4v) is 4.40. The van der Waals surface area contributed by atoms with Crippen LogP contribution in [0, 0.1) is 0 Å². The van der Waals surface area contributed by atoms with Gasteiger partial charge in [0.1, 0.15) is 0 Å². The van der Waals surface area contributed by atoms with E-state index in [0.717, 1.165) is 32.4 Å². The van der Waals surface area contributed by atoms with Crippen LogP contribution in [0.2, 0.25) is 0 Å². The van der Waals surface area contributed by atoms with Crippen molar-refractivity contribution < 1.29 is 4.79 Å². The second-order valence-electron chi connectivity index (χ2n) is 6.46. The molecular formula is C17H26N2OS. The Morgan fingerprint density at radius 1 is 1.33 bits per heavy atom. The van der Waals surface area contributed by atoms with Crippen molar-refractivity contribution in [3.8, 4) is 0 Å². The lowest BCUT2D eigenvalue weighted by Gasteiger charge is -2.32. The SMILES string of the molecule is CC(C(=O)NC1CCCCCC1)N1CCc2sccc2C1. The summed E-state index contributed by atoms with van der Waals surface area (Å²) in [7, 11) is 0. The highest BCUT2D eigenvalue weighted by Gasteiger charge is 2.27. The molecule has 1 N–H and O–H groups in total. The summed E-state index contributed by atoms with van der Waals surface area (Å²) in [4.78, 5) is 16.3. The third-order valence-corrected chi connectivity index (χ3v) is 5.99. The molecule has 3 nitrogen and oxygen atoms in total. The van der Waals surface area contributed by atoms with Crippen LogP contribution in [0.1, 0.15) is 55.9 Å². The monoisotopic (exact) mass is 306 g/mol. The Hall–Kier alpha value is -0.870. The minimum Gasteiger partial charge on any atom is -0.352 e. The summed E-state index contributed by atoms with van der Waals surface area (Å²) in [6.45, 7) is 3.99. The summed E-state index contributed by atoms with van der Waals surface area (Å²) < 4.78 is 0. The number of fused-ring (bicyclic) bond motifs is 1. The predicted molar refractivity (Wildman–Crippen MR) is 87.5 cm³/mol. The first-order chi connectivity index (χ1) is 10.2. The molecule has 116 valence electrons. The molecule has 1 unspecified atom stereocenters. The Bertz CT molecular complexity index is 477. The number of hydrogen-bond donors (Lipinski definition) is 1. The molecule has 1 amide bonds. The predicted octanol–water partition coefficient (Wildman–Crippen LogP) is 3.33. The van der Waals surface area contributed by atoms with E-state index in [9.17, 15) is 4.79 Å². The van der Waals surface area contributed by atoms with E-state index in [1.54, 1.807) is 0 Å². The Labute approximate surface area is 131 Å². The summed E-state index contributed by atoms with van der Waals surface area (Å²) in [6, 6.07) is 2.60. The van der Waals surface area contributed by atoms with E-state index in [0.29, 0.717) is 6.04 Å². The Balaban J connectivity index is 1.55. The van der Waals surface area contributed by atoms with E-state index in [-0.39, 0.29) is 11.9 Å². The standard InChI is InChI=1S/C17H26N2OS/c1-13(17(20)18-15-6-4-2-3-5-7-15)19-10-8-16-14(12-19)9-11-21-16/h9,11,13,15H,2-8,10,12H2,1H3,(H,18,20). The smallest absolute Gasteiger partial charge is 0.237 e. The van der Waals surface area contributed by atoms with Crippen LogP contribution in [0.25, 0.3) is 0 Å². The van der Waals surface area contributed by atoms with E-state index >= 15 is 0 Å². The number of hydrogen-bond acceptors (Lipinski definition) is 3. The molecule has 1 saturated carbocycles. The van der Waals surface area contributed by atoms with Gasteiger partial charge in [0, 0.05) is 24.0 Å². The lowest BCUT2D eigenvalue weighted by molar-refractivity contribution is -0.127. The number of nitrogens with one attached hydrogen (secondary N) is 1. The molecule has 0 radical (unpaired) electrons. The summed E-state index contributed by atoms with van der Waals surface area (Å²) >= 11 is 1.85. The van der Waals surface area contributed by atoms with Crippen molar-refractivity contribution in [2.45, 2.75) is 70.5 Å². The average Bonchev–Trinajstić information content (AvgIpc) is 2.82. The van der Waals surface area contributed by atoms with E-state index in [1.807, 2.05) is 11.3 Å². The number of rotatable bonds is 3. The molecule has 0 saturated heterocycles. The van der Waals surface area contributed by atoms with Gasteiger partial charge in [0.15, 0.2) is 0 Å². The lowest BCUT2D eigenvalue weighted by Crippen LogP contribution is -2.49. The molecule has 0 spiro atoms. The van der Waals surface area contributed by atoms with Crippen LogP contribution in [-0.2, 0) is 17.8 Å². The molecule has 3 rings (SSSR count). The first-order valence-corrected chi connectivity index (χ1v) is 9.21. The lowest BCUT2D eigenvalue weighted by atomic mass is 10.1. The average molecular weight is 306 g/mol. The van der Waals surface area contributed by atoms with Crippen LogP contribution in [0.15, 0.2) is 11.4 Å². The molecule has 2 aliphatic rings. The molecule has 1 aromatic heterocycles. The Morgan fingerprint density at radius 3 is 2.86 bits per heavy atom. The quantitative estimate of drug-likeness (QED) is 0.869. The highest BCUT2D eigenvalue weighted by molar-refractivity contribution is 7.10. The summed E-state index contributed by atoms with van der Waals surface area (Å²) in [6.07, 6.45) is 8.60. The molecular weight excluding hydrogens is 280 g/mol. The van der Waals surface area contributed by atoms with Crippen LogP contribution >= 0.6 is 11.3 Å². The van der Waals surface area contributed by atoms with Crippen molar-refractivity contribution in [3.05, 3.63) is 21.9 Å². The van der Waals surface area contributed by atoms with Gasteiger partial charge >= 0.3 is 0 Å². The van der Waals surface area contributed by atoms with Gasteiger partial charge in [-0.05, 0) is 43.2 Å². The van der Waals surface area contributed by atoms with E-state index in [4.69, 9.17) is 0 Å². The molecule has 1 aliphatic heterocycles. The summed E-state index contributed by atoms with van der Waals surface area (Å²) in [5.74, 6) is 0.223. The van der Waals surface area contributed by atoms with Crippen LogP contribution in [-0.4, -0.2) is 29.4 Å². The van der Waals surface area contributed by atoms with Crippen LogP contribution in [0.3, 0.4) is 0 Å². The number of carbonyl (C=O) groups is 1. The Morgan fingerprint density at radius 2 is 2.10 bits per heavy atom. The number of amides is 1. The maximum absolute atomic E-state index is 12.5. The molecule has 2 heterocycles. The number of nitrogens with zero attached hydrogens (tertiary/aromatic N) is 1. The molecule has 1 aromatic rings. The highest BCUT2D eigenvalue weighted by atomic mass is 32.1. The van der Waals surface area contributed by atoms with E-state index in [2.05, 4.69) is 28.6 Å². The zero-order valence-electron chi connectivity index (χ0n) is 12.9. The second kappa shape index (κ2) is 6.93. The maximum Gasteiger partial charge on any atom is 0.237 e. The fourth-order valence-electron chi connectivity index (χ4n) is 3.51. The van der Waals surface area contributed by atoms with Gasteiger partial charge in [-0.3, -0.25) is 9.69 Å². The van der Waals surface area contributed by atoms with Gasteiger partial charge < -0.3 is 5.32 Å². The van der Waals surface area contributed by atoms with Gasteiger partial charge in [0.2, 0.25) is 5.91 Å². The highest BCUT2D eigenvalue weighted by Crippen LogP contribution is 2.25. The minimum absolute atomic E-state index is 0.0127. The molecule has 1 aliphatic carbocycles. The third kappa shape index (κ3) is 3.67. The second-order valence-corrected chi connectivity index (χ2v) is 7.46. The molecule has 0 bridgehead atoms. The number of thiophene rings is 1. The molecule has 1 fully saturated rings. The van der Waals surface area contributed by atoms with Crippen molar-refractivity contribution >= 4 is 17.2 Å². The van der Waals surface area contributed by atoms with Crippen LogP contribution in [0.4, 0.5) is 0 Å².